The molecule has 1 amide bonds. The highest BCUT2D eigenvalue weighted by atomic mass is 35.5. The summed E-state index contributed by atoms with van der Waals surface area (Å²) in [4.78, 5) is 14.8. The number of para-hydroxylation sites is 1. The maximum atomic E-state index is 13.0. The second kappa shape index (κ2) is 6.14. The standard InChI is InChI=1S/C21H16ClNO/c22-17-13-7-8-14-18(17)23-20(16-11-5-2-6-12-16)19(21(23)24)15-9-3-1-4-10-15/h1-14,19-20H/t19-,20-/m0/s1. The lowest BCUT2D eigenvalue weighted by Gasteiger charge is -2.48. The van der Waals surface area contributed by atoms with Crippen LogP contribution in [0, 0.1) is 0 Å². The summed E-state index contributed by atoms with van der Waals surface area (Å²) < 4.78 is 0. The van der Waals surface area contributed by atoms with Gasteiger partial charge in [-0.15, -0.1) is 0 Å². The van der Waals surface area contributed by atoms with E-state index in [-0.39, 0.29) is 17.9 Å². The van der Waals surface area contributed by atoms with Crippen LogP contribution in [0.5, 0.6) is 0 Å². The topological polar surface area (TPSA) is 20.3 Å². The van der Waals surface area contributed by atoms with Crippen LogP contribution < -0.4 is 4.90 Å². The van der Waals surface area contributed by atoms with Crippen molar-refractivity contribution >= 4 is 23.2 Å². The van der Waals surface area contributed by atoms with Gasteiger partial charge in [-0.05, 0) is 23.3 Å². The number of hydrogen-bond donors (Lipinski definition) is 0. The van der Waals surface area contributed by atoms with Crippen molar-refractivity contribution < 1.29 is 4.79 Å². The summed E-state index contributed by atoms with van der Waals surface area (Å²) in [6, 6.07) is 27.5. The van der Waals surface area contributed by atoms with Crippen molar-refractivity contribution in [2.75, 3.05) is 4.90 Å². The van der Waals surface area contributed by atoms with Gasteiger partial charge in [0.2, 0.25) is 5.91 Å². The zero-order valence-electron chi connectivity index (χ0n) is 13.0. The molecule has 3 aromatic carbocycles. The SMILES string of the molecule is O=C1[C@@H](c2ccccc2)[C@H](c2ccccc2)N1c1ccccc1Cl. The van der Waals surface area contributed by atoms with E-state index in [4.69, 9.17) is 11.6 Å². The van der Waals surface area contributed by atoms with Crippen LogP contribution in [0.15, 0.2) is 84.9 Å². The molecule has 2 nitrogen and oxygen atoms in total. The normalized spacial score (nSPS) is 19.9. The maximum Gasteiger partial charge on any atom is 0.237 e. The zero-order valence-corrected chi connectivity index (χ0v) is 13.7. The van der Waals surface area contributed by atoms with E-state index in [0.29, 0.717) is 5.02 Å². The van der Waals surface area contributed by atoms with Gasteiger partial charge < -0.3 is 4.90 Å². The van der Waals surface area contributed by atoms with Gasteiger partial charge in [-0.2, -0.15) is 0 Å². The average Bonchev–Trinajstić information content (AvgIpc) is 2.63. The Morgan fingerprint density at radius 3 is 1.88 bits per heavy atom. The van der Waals surface area contributed by atoms with Crippen LogP contribution in [-0.4, -0.2) is 5.91 Å². The number of rotatable bonds is 3. The number of benzene rings is 3. The minimum Gasteiger partial charge on any atom is -0.302 e. The summed E-state index contributed by atoms with van der Waals surface area (Å²) in [6.07, 6.45) is 0. The van der Waals surface area contributed by atoms with E-state index in [1.807, 2.05) is 77.7 Å². The van der Waals surface area contributed by atoms with E-state index in [0.717, 1.165) is 16.8 Å². The maximum absolute atomic E-state index is 13.0. The first-order chi connectivity index (χ1) is 11.8. The molecule has 3 aromatic rings. The summed E-state index contributed by atoms with van der Waals surface area (Å²) in [5, 5.41) is 0.596. The largest absolute Gasteiger partial charge is 0.302 e. The molecule has 0 bridgehead atoms. The van der Waals surface area contributed by atoms with E-state index in [1.54, 1.807) is 0 Å². The molecule has 0 radical (unpaired) electrons. The Bertz CT molecular complexity index is 863. The van der Waals surface area contributed by atoms with Crippen molar-refractivity contribution in [1.82, 2.24) is 0 Å². The van der Waals surface area contributed by atoms with E-state index in [9.17, 15) is 4.79 Å². The summed E-state index contributed by atoms with van der Waals surface area (Å²) in [5.74, 6) is -0.0898. The molecule has 1 aliphatic heterocycles. The lowest BCUT2D eigenvalue weighted by atomic mass is 9.77. The molecular formula is C21H16ClNO. The third-order valence-corrected chi connectivity index (χ3v) is 4.83. The number of nitrogens with zero attached hydrogens (tertiary/aromatic N) is 1. The van der Waals surface area contributed by atoms with Crippen LogP contribution in [0.4, 0.5) is 5.69 Å². The van der Waals surface area contributed by atoms with E-state index in [2.05, 4.69) is 12.1 Å². The van der Waals surface area contributed by atoms with E-state index >= 15 is 0 Å². The van der Waals surface area contributed by atoms with Crippen LogP contribution in [0.25, 0.3) is 0 Å². The van der Waals surface area contributed by atoms with Crippen molar-refractivity contribution in [3.63, 3.8) is 0 Å². The second-order valence-corrected chi connectivity index (χ2v) is 6.31. The van der Waals surface area contributed by atoms with Gasteiger partial charge in [0.25, 0.3) is 0 Å². The van der Waals surface area contributed by atoms with Gasteiger partial charge >= 0.3 is 0 Å². The Morgan fingerprint density at radius 1 is 0.708 bits per heavy atom. The third kappa shape index (κ3) is 2.40. The minimum absolute atomic E-state index is 0.0407. The molecule has 0 N–H and O–H groups in total. The van der Waals surface area contributed by atoms with Gasteiger partial charge in [0, 0.05) is 0 Å². The first-order valence-electron chi connectivity index (χ1n) is 7.95. The molecule has 3 heteroatoms. The molecule has 1 heterocycles. The number of anilines is 1. The third-order valence-electron chi connectivity index (χ3n) is 4.51. The highest BCUT2D eigenvalue weighted by Crippen LogP contribution is 2.50. The molecule has 24 heavy (non-hydrogen) atoms. The highest BCUT2D eigenvalue weighted by Gasteiger charge is 2.49. The quantitative estimate of drug-likeness (QED) is 0.602. The highest BCUT2D eigenvalue weighted by molar-refractivity contribution is 6.34. The van der Waals surface area contributed by atoms with Gasteiger partial charge in [-0.3, -0.25) is 4.79 Å². The summed E-state index contributed by atoms with van der Waals surface area (Å²) >= 11 is 6.35. The lowest BCUT2D eigenvalue weighted by molar-refractivity contribution is -0.126. The molecule has 4 rings (SSSR count). The lowest BCUT2D eigenvalue weighted by Crippen LogP contribution is -2.53. The monoisotopic (exact) mass is 333 g/mol. The number of carbonyl (C=O) groups is 1. The minimum atomic E-state index is -0.176. The van der Waals surface area contributed by atoms with Crippen molar-refractivity contribution in [3.05, 3.63) is 101 Å². The fraction of sp³-hybridized carbons (Fsp3) is 0.0952. The van der Waals surface area contributed by atoms with Crippen molar-refractivity contribution in [2.45, 2.75) is 12.0 Å². The van der Waals surface area contributed by atoms with Crippen LogP contribution in [0.3, 0.4) is 0 Å². The van der Waals surface area contributed by atoms with Gasteiger partial charge in [0.15, 0.2) is 0 Å². The number of halogens is 1. The fourth-order valence-electron chi connectivity index (χ4n) is 3.38. The Morgan fingerprint density at radius 2 is 1.25 bits per heavy atom. The van der Waals surface area contributed by atoms with Crippen LogP contribution in [-0.2, 0) is 4.79 Å². The Hall–Kier alpha value is -2.58. The van der Waals surface area contributed by atoms with Crippen molar-refractivity contribution in [1.29, 1.82) is 0 Å². The van der Waals surface area contributed by atoms with Crippen LogP contribution >= 0.6 is 11.6 Å². The molecule has 0 spiro atoms. The van der Waals surface area contributed by atoms with Gasteiger partial charge in [0.1, 0.15) is 0 Å². The molecule has 1 saturated heterocycles. The second-order valence-electron chi connectivity index (χ2n) is 5.90. The summed E-state index contributed by atoms with van der Waals surface area (Å²) in [7, 11) is 0. The summed E-state index contributed by atoms with van der Waals surface area (Å²) in [6.45, 7) is 0. The molecule has 0 aromatic heterocycles. The van der Waals surface area contributed by atoms with Crippen LogP contribution in [0.1, 0.15) is 23.1 Å². The van der Waals surface area contributed by atoms with Crippen LogP contribution in [0.2, 0.25) is 5.02 Å². The molecule has 1 fully saturated rings. The van der Waals surface area contributed by atoms with Crippen molar-refractivity contribution in [2.24, 2.45) is 0 Å². The Labute approximate surface area is 146 Å². The molecule has 0 unspecified atom stereocenters. The molecule has 118 valence electrons. The zero-order chi connectivity index (χ0) is 16.5. The Kier molecular flexibility index (Phi) is 3.83. The predicted molar refractivity (Wildman–Crippen MR) is 97.3 cm³/mol. The summed E-state index contributed by atoms with van der Waals surface area (Å²) in [5.41, 5.74) is 2.93. The predicted octanol–water partition coefficient (Wildman–Crippen LogP) is 5.21. The molecule has 0 saturated carbocycles. The van der Waals surface area contributed by atoms with Crippen molar-refractivity contribution in [3.8, 4) is 0 Å². The first kappa shape index (κ1) is 15.0. The molecular weight excluding hydrogens is 318 g/mol. The number of amides is 1. The average molecular weight is 334 g/mol. The van der Waals surface area contributed by atoms with Gasteiger partial charge in [0.05, 0.1) is 22.7 Å². The smallest absolute Gasteiger partial charge is 0.237 e. The number of β-lactam (4-membered cyclic amide) rings is 1. The molecule has 2 atom stereocenters. The molecule has 1 aliphatic rings. The van der Waals surface area contributed by atoms with Gasteiger partial charge in [-0.25, -0.2) is 0 Å². The number of hydrogen-bond acceptors (Lipinski definition) is 1. The molecule has 0 aliphatic carbocycles. The fourth-order valence-corrected chi connectivity index (χ4v) is 3.61. The Balaban J connectivity index is 1.81. The first-order valence-corrected chi connectivity index (χ1v) is 8.32. The number of carbonyl (C=O) groups excluding carboxylic acids is 1. The van der Waals surface area contributed by atoms with E-state index in [1.165, 1.54) is 0 Å². The van der Waals surface area contributed by atoms with E-state index < -0.39 is 0 Å². The van der Waals surface area contributed by atoms with Gasteiger partial charge in [-0.1, -0.05) is 84.4 Å².